The number of amides is 4. The van der Waals surface area contributed by atoms with Crippen LogP contribution < -0.4 is 5.73 Å². The number of hydrogen-bond donors (Lipinski definition) is 2. The van der Waals surface area contributed by atoms with Crippen molar-refractivity contribution in [2.45, 2.75) is 20.0 Å². The van der Waals surface area contributed by atoms with Crippen LogP contribution in [0.4, 0.5) is 4.79 Å². The van der Waals surface area contributed by atoms with E-state index in [4.69, 9.17) is 5.73 Å². The molecule has 4 amide bonds. The highest BCUT2D eigenvalue weighted by atomic mass is 16.3. The first-order chi connectivity index (χ1) is 8.25. The van der Waals surface area contributed by atoms with Crippen molar-refractivity contribution in [2.75, 3.05) is 13.6 Å². The quantitative estimate of drug-likeness (QED) is 0.571. The van der Waals surface area contributed by atoms with Crippen molar-refractivity contribution in [3.8, 4) is 0 Å². The fourth-order valence-electron chi connectivity index (χ4n) is 1.47. The highest BCUT2D eigenvalue weighted by Gasteiger charge is 2.41. The predicted molar refractivity (Wildman–Crippen MR) is 62.3 cm³/mol. The van der Waals surface area contributed by atoms with E-state index in [0.29, 0.717) is 0 Å². The number of aliphatic hydroxyl groups is 1. The van der Waals surface area contributed by atoms with Crippen molar-refractivity contribution >= 4 is 29.4 Å². The maximum absolute atomic E-state index is 11.8. The Hall–Kier alpha value is -2.09. The number of aliphatic hydroxyl groups excluding tert-OH is 1. The van der Waals surface area contributed by atoms with Gasteiger partial charge in [-0.05, 0) is 6.92 Å². The molecule has 0 spiro atoms. The molecule has 1 aliphatic heterocycles. The number of rotatable bonds is 2. The number of β-amino-alcohol motifs (C(OH)–C–C–N with tert-alkyl or cyclic N) is 1. The van der Waals surface area contributed by atoms with E-state index < -0.39 is 23.9 Å². The number of carbonyl (C=O) groups excluding carboxylic acids is 3. The summed E-state index contributed by atoms with van der Waals surface area (Å²) in [5.74, 6) is -1.56. The third-order valence-electron chi connectivity index (χ3n) is 2.27. The number of aliphatic imine (C=N–C) groups is 1. The number of carbonyl (C=O) groups is 3. The van der Waals surface area contributed by atoms with E-state index in [1.165, 1.54) is 20.9 Å². The van der Waals surface area contributed by atoms with E-state index in [-0.39, 0.29) is 18.1 Å². The van der Waals surface area contributed by atoms with Crippen LogP contribution in [0.5, 0.6) is 0 Å². The fourth-order valence-corrected chi connectivity index (χ4v) is 1.47. The lowest BCUT2D eigenvalue weighted by atomic mass is 10.2. The molecule has 0 saturated heterocycles. The van der Waals surface area contributed by atoms with Crippen molar-refractivity contribution in [2.24, 2.45) is 10.7 Å². The molecule has 8 heteroatoms. The van der Waals surface area contributed by atoms with Gasteiger partial charge in [0.25, 0.3) is 5.84 Å². The highest BCUT2D eigenvalue weighted by Crippen LogP contribution is 2.03. The molecule has 0 fully saturated rings. The van der Waals surface area contributed by atoms with Gasteiger partial charge in [0.15, 0.2) is 0 Å². The Bertz CT molecular complexity index is 478. The van der Waals surface area contributed by atoms with Crippen LogP contribution in [-0.4, -0.2) is 63.7 Å². The minimum atomic E-state index is -0.826. The second-order valence-electron chi connectivity index (χ2n) is 3.97. The monoisotopic (exact) mass is 255 g/mol. The van der Waals surface area contributed by atoms with Crippen molar-refractivity contribution in [1.29, 1.82) is 0 Å². The minimum absolute atomic E-state index is 0.0841. The molecule has 1 atom stereocenters. The summed E-state index contributed by atoms with van der Waals surface area (Å²) in [6.07, 6.45) is -0.826. The van der Waals surface area contributed by atoms with E-state index in [0.717, 1.165) is 9.48 Å². The van der Waals surface area contributed by atoms with Crippen molar-refractivity contribution < 1.29 is 24.1 Å². The normalized spacial score (nSPS) is 20.7. The zero-order valence-electron chi connectivity index (χ0n) is 10.4. The largest absolute Gasteiger partial charge is 0.446 e. The molecular formula is C10H15N4O4+. The zero-order chi connectivity index (χ0) is 14.0. The fraction of sp³-hybridized carbons (Fsp3) is 0.500. The second kappa shape index (κ2) is 5.05. The van der Waals surface area contributed by atoms with Crippen LogP contribution in [0.2, 0.25) is 0 Å². The average molecular weight is 255 g/mol. The summed E-state index contributed by atoms with van der Waals surface area (Å²) in [7, 11) is 1.25. The molecule has 0 bridgehead atoms. The van der Waals surface area contributed by atoms with E-state index >= 15 is 0 Å². The van der Waals surface area contributed by atoms with Crippen LogP contribution >= 0.6 is 0 Å². The lowest BCUT2D eigenvalue weighted by Gasteiger charge is -2.20. The topological polar surface area (TPSA) is 116 Å². The molecule has 98 valence electrons. The van der Waals surface area contributed by atoms with Crippen LogP contribution in [0.3, 0.4) is 0 Å². The summed E-state index contributed by atoms with van der Waals surface area (Å²) < 4.78 is 1.01. The van der Waals surface area contributed by atoms with Gasteiger partial charge in [0.05, 0.1) is 13.2 Å². The number of imide groups is 1. The molecule has 1 unspecified atom stereocenters. The summed E-state index contributed by atoms with van der Waals surface area (Å²) in [5, 5.41) is 9.29. The molecule has 0 radical (unpaired) electrons. The number of nitrogens with two attached hydrogens (primary N) is 1. The summed E-state index contributed by atoms with van der Waals surface area (Å²) >= 11 is 0. The molecule has 0 aromatic heterocycles. The number of nitrogens with zero attached hydrogens (tertiary/aromatic N) is 3. The molecule has 0 saturated carbocycles. The molecule has 1 heterocycles. The molecule has 0 aromatic rings. The SMILES string of the molecule is CC(=O)N=C1C(=O)N(C)C(=O)[N+](CC(C)O)=C1N. The van der Waals surface area contributed by atoms with Gasteiger partial charge in [-0.1, -0.05) is 0 Å². The Morgan fingerprint density at radius 2 is 2.11 bits per heavy atom. The van der Waals surface area contributed by atoms with Gasteiger partial charge in [-0.3, -0.25) is 4.79 Å². The summed E-state index contributed by atoms with van der Waals surface area (Å²) in [6.45, 7) is 2.56. The lowest BCUT2D eigenvalue weighted by Crippen LogP contribution is -2.57. The van der Waals surface area contributed by atoms with Gasteiger partial charge in [-0.2, -0.15) is 14.5 Å². The molecule has 1 aliphatic rings. The van der Waals surface area contributed by atoms with E-state index in [1.807, 2.05) is 0 Å². The number of hydrogen-bond acceptors (Lipinski definition) is 5. The van der Waals surface area contributed by atoms with Crippen molar-refractivity contribution in [1.82, 2.24) is 4.90 Å². The summed E-state index contributed by atoms with van der Waals surface area (Å²) in [4.78, 5) is 38.8. The summed E-state index contributed by atoms with van der Waals surface area (Å²) in [5.41, 5.74) is 5.36. The van der Waals surface area contributed by atoms with Gasteiger partial charge in [0.1, 0.15) is 6.54 Å². The minimum Gasteiger partial charge on any atom is -0.390 e. The Morgan fingerprint density at radius 1 is 1.56 bits per heavy atom. The first-order valence-corrected chi connectivity index (χ1v) is 5.25. The van der Waals surface area contributed by atoms with Gasteiger partial charge < -0.3 is 10.8 Å². The maximum atomic E-state index is 11.8. The Labute approximate surface area is 103 Å². The molecule has 0 aliphatic carbocycles. The number of urea groups is 1. The lowest BCUT2D eigenvalue weighted by molar-refractivity contribution is -0.446. The summed E-state index contributed by atoms with van der Waals surface area (Å²) in [6, 6.07) is -0.666. The second-order valence-corrected chi connectivity index (χ2v) is 3.97. The Kier molecular flexibility index (Phi) is 3.92. The first kappa shape index (κ1) is 14.0. The molecular weight excluding hydrogens is 240 g/mol. The molecule has 8 nitrogen and oxygen atoms in total. The van der Waals surface area contributed by atoms with Gasteiger partial charge in [0.2, 0.25) is 11.6 Å². The average Bonchev–Trinajstić information content (AvgIpc) is 2.27. The molecule has 3 N–H and O–H groups in total. The molecule has 18 heavy (non-hydrogen) atoms. The first-order valence-electron chi connectivity index (χ1n) is 5.25. The van der Waals surface area contributed by atoms with Crippen LogP contribution in [0, 0.1) is 0 Å². The number of amidine groups is 1. The van der Waals surface area contributed by atoms with Crippen LogP contribution in [0.1, 0.15) is 13.8 Å². The van der Waals surface area contributed by atoms with Crippen LogP contribution in [-0.2, 0) is 9.59 Å². The van der Waals surface area contributed by atoms with Gasteiger partial charge in [-0.15, -0.1) is 0 Å². The molecule has 1 rings (SSSR count). The van der Waals surface area contributed by atoms with Gasteiger partial charge in [-0.25, -0.2) is 9.59 Å². The Balaban J connectivity index is 3.35. The van der Waals surface area contributed by atoms with Crippen LogP contribution in [0.15, 0.2) is 4.99 Å². The van der Waals surface area contributed by atoms with Crippen molar-refractivity contribution in [3.63, 3.8) is 0 Å². The van der Waals surface area contributed by atoms with E-state index in [1.54, 1.807) is 0 Å². The van der Waals surface area contributed by atoms with Gasteiger partial charge >= 0.3 is 11.9 Å². The highest BCUT2D eigenvalue weighted by molar-refractivity contribution is 6.67. The third kappa shape index (κ3) is 2.59. The molecule has 0 aromatic carbocycles. The smallest absolute Gasteiger partial charge is 0.390 e. The van der Waals surface area contributed by atoms with E-state index in [2.05, 4.69) is 4.99 Å². The maximum Gasteiger partial charge on any atom is 0.446 e. The standard InChI is InChI=1S/C10H14N4O4/c1-5(15)4-14-8(11)7(12-6(2)16)9(17)13(3)10(14)18/h5,11,15H,4H2,1-3H3/p+1. The van der Waals surface area contributed by atoms with Gasteiger partial charge in [0, 0.05) is 6.92 Å². The third-order valence-corrected chi connectivity index (χ3v) is 2.27. The van der Waals surface area contributed by atoms with Crippen LogP contribution in [0.25, 0.3) is 0 Å². The van der Waals surface area contributed by atoms with Crippen molar-refractivity contribution in [3.05, 3.63) is 0 Å². The zero-order valence-corrected chi connectivity index (χ0v) is 10.4. The predicted octanol–water partition coefficient (Wildman–Crippen LogP) is -1.68. The van der Waals surface area contributed by atoms with E-state index in [9.17, 15) is 19.5 Å². The Morgan fingerprint density at radius 3 is 2.56 bits per heavy atom.